The SMILES string of the molecule is O=C(NC1CCN(C(=O)c2cccs2)CC1)c1ccco1. The third kappa shape index (κ3) is 3.16. The van der Waals surface area contributed by atoms with Crippen LogP contribution in [0.4, 0.5) is 0 Å². The molecule has 5 nitrogen and oxygen atoms in total. The lowest BCUT2D eigenvalue weighted by Crippen LogP contribution is -2.46. The van der Waals surface area contributed by atoms with Crippen molar-refractivity contribution in [1.82, 2.24) is 10.2 Å². The average Bonchev–Trinajstić information content (AvgIpc) is 3.20. The first-order valence-electron chi connectivity index (χ1n) is 6.91. The van der Waals surface area contributed by atoms with Gasteiger partial charge in [0.2, 0.25) is 0 Å². The number of likely N-dealkylation sites (tertiary alicyclic amines) is 1. The molecule has 1 saturated heterocycles. The predicted octanol–water partition coefficient (Wildman–Crippen LogP) is 2.38. The maximum Gasteiger partial charge on any atom is 0.287 e. The number of amides is 2. The third-order valence-electron chi connectivity index (χ3n) is 3.59. The second-order valence-electron chi connectivity index (χ2n) is 4.99. The van der Waals surface area contributed by atoms with Gasteiger partial charge >= 0.3 is 0 Å². The van der Waals surface area contributed by atoms with Crippen molar-refractivity contribution >= 4 is 23.2 Å². The highest BCUT2D eigenvalue weighted by Crippen LogP contribution is 2.17. The lowest BCUT2D eigenvalue weighted by Gasteiger charge is -2.32. The zero-order valence-corrected chi connectivity index (χ0v) is 12.3. The Morgan fingerprint density at radius 2 is 2.05 bits per heavy atom. The second-order valence-corrected chi connectivity index (χ2v) is 5.94. The van der Waals surface area contributed by atoms with Crippen molar-refractivity contribution in [2.24, 2.45) is 0 Å². The zero-order valence-electron chi connectivity index (χ0n) is 11.5. The number of thiophene rings is 1. The van der Waals surface area contributed by atoms with Crippen molar-refractivity contribution in [1.29, 1.82) is 0 Å². The highest BCUT2D eigenvalue weighted by molar-refractivity contribution is 7.12. The van der Waals surface area contributed by atoms with Crippen LogP contribution in [-0.2, 0) is 0 Å². The molecule has 0 radical (unpaired) electrons. The summed E-state index contributed by atoms with van der Waals surface area (Å²) in [5, 5.41) is 4.85. The lowest BCUT2D eigenvalue weighted by atomic mass is 10.0. The molecule has 0 aromatic carbocycles. The monoisotopic (exact) mass is 304 g/mol. The lowest BCUT2D eigenvalue weighted by molar-refractivity contribution is 0.0700. The largest absolute Gasteiger partial charge is 0.459 e. The molecule has 0 saturated carbocycles. The fourth-order valence-corrected chi connectivity index (χ4v) is 3.14. The Balaban J connectivity index is 1.51. The van der Waals surface area contributed by atoms with Gasteiger partial charge in [0.05, 0.1) is 11.1 Å². The summed E-state index contributed by atoms with van der Waals surface area (Å²) >= 11 is 1.46. The van der Waals surface area contributed by atoms with Crippen molar-refractivity contribution in [2.45, 2.75) is 18.9 Å². The number of carbonyl (C=O) groups is 2. The second kappa shape index (κ2) is 6.13. The van der Waals surface area contributed by atoms with Crippen LogP contribution in [0.1, 0.15) is 33.1 Å². The summed E-state index contributed by atoms with van der Waals surface area (Å²) < 4.78 is 5.07. The molecule has 0 bridgehead atoms. The van der Waals surface area contributed by atoms with E-state index >= 15 is 0 Å². The molecule has 0 spiro atoms. The van der Waals surface area contributed by atoms with Crippen molar-refractivity contribution < 1.29 is 14.0 Å². The van der Waals surface area contributed by atoms with Crippen LogP contribution in [0, 0.1) is 0 Å². The number of furan rings is 1. The van der Waals surface area contributed by atoms with Crippen LogP contribution >= 0.6 is 11.3 Å². The Morgan fingerprint density at radius 1 is 1.24 bits per heavy atom. The van der Waals surface area contributed by atoms with E-state index in [0.717, 1.165) is 17.7 Å². The normalized spacial score (nSPS) is 15.9. The Morgan fingerprint density at radius 3 is 2.67 bits per heavy atom. The highest BCUT2D eigenvalue weighted by Gasteiger charge is 2.25. The molecular formula is C15H16N2O3S. The number of hydrogen-bond donors (Lipinski definition) is 1. The number of hydrogen-bond acceptors (Lipinski definition) is 4. The van der Waals surface area contributed by atoms with E-state index in [9.17, 15) is 9.59 Å². The molecule has 1 aliphatic rings. The summed E-state index contributed by atoms with van der Waals surface area (Å²) in [6.07, 6.45) is 3.02. The summed E-state index contributed by atoms with van der Waals surface area (Å²) in [5.41, 5.74) is 0. The fraction of sp³-hybridized carbons (Fsp3) is 0.333. The molecule has 0 aliphatic carbocycles. The van der Waals surface area contributed by atoms with Gasteiger partial charge in [-0.3, -0.25) is 9.59 Å². The van der Waals surface area contributed by atoms with Crippen molar-refractivity contribution in [3.8, 4) is 0 Å². The first kappa shape index (κ1) is 13.9. The van der Waals surface area contributed by atoms with E-state index in [4.69, 9.17) is 4.42 Å². The van der Waals surface area contributed by atoms with Crippen LogP contribution in [0.15, 0.2) is 40.3 Å². The van der Waals surface area contributed by atoms with Crippen molar-refractivity contribution in [2.75, 3.05) is 13.1 Å². The van der Waals surface area contributed by atoms with Gasteiger partial charge in [0, 0.05) is 19.1 Å². The molecule has 2 amide bonds. The van der Waals surface area contributed by atoms with E-state index in [1.165, 1.54) is 17.6 Å². The summed E-state index contributed by atoms with van der Waals surface area (Å²) in [4.78, 5) is 26.7. The van der Waals surface area contributed by atoms with Gasteiger partial charge < -0.3 is 14.6 Å². The molecular weight excluding hydrogens is 288 g/mol. The van der Waals surface area contributed by atoms with Gasteiger partial charge in [-0.1, -0.05) is 6.07 Å². The Bertz CT molecular complexity index is 599. The molecule has 0 atom stereocenters. The van der Waals surface area contributed by atoms with Gasteiger partial charge in [-0.25, -0.2) is 0 Å². The van der Waals surface area contributed by atoms with Crippen LogP contribution in [0.25, 0.3) is 0 Å². The first-order chi connectivity index (χ1) is 10.2. The minimum Gasteiger partial charge on any atom is -0.459 e. The molecule has 6 heteroatoms. The van der Waals surface area contributed by atoms with E-state index in [1.807, 2.05) is 22.4 Å². The molecule has 2 aromatic rings. The molecule has 21 heavy (non-hydrogen) atoms. The van der Waals surface area contributed by atoms with Crippen molar-refractivity contribution in [3.05, 3.63) is 46.5 Å². The highest BCUT2D eigenvalue weighted by atomic mass is 32.1. The molecule has 1 aliphatic heterocycles. The molecule has 3 rings (SSSR count). The standard InChI is InChI=1S/C15H16N2O3S/c18-14(12-3-1-9-20-12)16-11-5-7-17(8-6-11)15(19)13-4-2-10-21-13/h1-4,9-11H,5-8H2,(H,16,18). The van der Waals surface area contributed by atoms with Gasteiger partial charge in [-0.15, -0.1) is 11.3 Å². The quantitative estimate of drug-likeness (QED) is 0.947. The molecule has 2 aromatic heterocycles. The summed E-state index contributed by atoms with van der Waals surface area (Å²) in [7, 11) is 0. The van der Waals surface area contributed by atoms with Gasteiger partial charge in [-0.2, -0.15) is 0 Å². The number of piperidine rings is 1. The van der Waals surface area contributed by atoms with Crippen molar-refractivity contribution in [3.63, 3.8) is 0 Å². The van der Waals surface area contributed by atoms with E-state index in [0.29, 0.717) is 18.8 Å². The maximum atomic E-state index is 12.2. The Hall–Kier alpha value is -2.08. The number of carbonyl (C=O) groups excluding carboxylic acids is 2. The van der Waals surface area contributed by atoms with Crippen LogP contribution in [0.2, 0.25) is 0 Å². The molecule has 3 heterocycles. The smallest absolute Gasteiger partial charge is 0.287 e. The molecule has 1 N–H and O–H groups in total. The molecule has 0 unspecified atom stereocenters. The minimum atomic E-state index is -0.192. The van der Waals surface area contributed by atoms with Crippen LogP contribution in [0.5, 0.6) is 0 Å². The van der Waals surface area contributed by atoms with E-state index in [-0.39, 0.29) is 17.9 Å². The topological polar surface area (TPSA) is 62.6 Å². The number of nitrogens with zero attached hydrogens (tertiary/aromatic N) is 1. The van der Waals surface area contributed by atoms with Gasteiger partial charge in [0.25, 0.3) is 11.8 Å². The molecule has 1 fully saturated rings. The number of nitrogens with one attached hydrogen (secondary N) is 1. The van der Waals surface area contributed by atoms with Crippen LogP contribution in [0.3, 0.4) is 0 Å². The predicted molar refractivity (Wildman–Crippen MR) is 79.4 cm³/mol. The van der Waals surface area contributed by atoms with E-state index in [2.05, 4.69) is 5.32 Å². The summed E-state index contributed by atoms with van der Waals surface area (Å²) in [6.45, 7) is 1.33. The average molecular weight is 304 g/mol. The summed E-state index contributed by atoms with van der Waals surface area (Å²) in [5.74, 6) is 0.218. The Labute approximate surface area is 126 Å². The zero-order chi connectivity index (χ0) is 14.7. The van der Waals surface area contributed by atoms with Crippen LogP contribution < -0.4 is 5.32 Å². The third-order valence-corrected chi connectivity index (χ3v) is 4.45. The van der Waals surface area contributed by atoms with Gasteiger partial charge in [-0.05, 0) is 36.4 Å². The fourth-order valence-electron chi connectivity index (χ4n) is 2.45. The maximum absolute atomic E-state index is 12.2. The van der Waals surface area contributed by atoms with E-state index in [1.54, 1.807) is 12.1 Å². The Kier molecular flexibility index (Phi) is 4.06. The minimum absolute atomic E-state index is 0.0841. The first-order valence-corrected chi connectivity index (χ1v) is 7.79. The van der Waals surface area contributed by atoms with E-state index < -0.39 is 0 Å². The van der Waals surface area contributed by atoms with Gasteiger partial charge in [0.1, 0.15) is 0 Å². The number of rotatable bonds is 3. The van der Waals surface area contributed by atoms with Crippen LogP contribution in [-0.4, -0.2) is 35.8 Å². The van der Waals surface area contributed by atoms with Gasteiger partial charge in [0.15, 0.2) is 5.76 Å². The summed E-state index contributed by atoms with van der Waals surface area (Å²) in [6, 6.07) is 7.16. The molecule has 110 valence electrons.